The van der Waals surface area contributed by atoms with E-state index in [1.165, 1.54) is 19.2 Å². The van der Waals surface area contributed by atoms with Gasteiger partial charge >= 0.3 is 0 Å². The summed E-state index contributed by atoms with van der Waals surface area (Å²) in [7, 11) is -0.622. The van der Waals surface area contributed by atoms with Gasteiger partial charge in [0.15, 0.2) is 0 Å². The summed E-state index contributed by atoms with van der Waals surface area (Å²) in [5.74, 6) is 0.780. The average molecular weight is 405 g/mol. The van der Waals surface area contributed by atoms with E-state index in [2.05, 4.69) is 30.0 Å². The fourth-order valence-electron chi connectivity index (χ4n) is 3.09. The Labute approximate surface area is 167 Å². The molecule has 1 amide bonds. The predicted molar refractivity (Wildman–Crippen MR) is 110 cm³/mol. The fraction of sp³-hybridized carbons (Fsp3) is 0.381. The van der Waals surface area contributed by atoms with Gasteiger partial charge in [-0.3, -0.25) is 4.79 Å². The molecule has 2 N–H and O–H groups in total. The van der Waals surface area contributed by atoms with Crippen LogP contribution in [0.2, 0.25) is 0 Å². The zero-order chi connectivity index (χ0) is 21.1. The second-order valence-electron chi connectivity index (χ2n) is 7.04. The number of carbonyl (C=O) groups excluding carboxylic acids is 1. The Balaban J connectivity index is 2.31. The molecule has 2 rings (SSSR count). The van der Waals surface area contributed by atoms with E-state index >= 15 is 0 Å². The van der Waals surface area contributed by atoms with Crippen molar-refractivity contribution >= 4 is 15.9 Å². The standard InChI is InChI=1S/C21H28N2O4S/c1-13(2)18-12-19(14(3)10-20(18)27-6)15(4)23-21(24)16-8-7-9-17(11-16)28(25,26)22-5/h7-13,15,22H,1-6H3,(H,23,24). The molecule has 1 unspecified atom stereocenters. The molecule has 1 atom stereocenters. The lowest BCUT2D eigenvalue weighted by Gasteiger charge is -2.21. The van der Waals surface area contributed by atoms with E-state index in [1.807, 2.05) is 19.9 Å². The van der Waals surface area contributed by atoms with E-state index < -0.39 is 10.0 Å². The van der Waals surface area contributed by atoms with Crippen LogP contribution >= 0.6 is 0 Å². The molecule has 0 radical (unpaired) electrons. The molecule has 0 aliphatic heterocycles. The first kappa shape index (κ1) is 21.9. The lowest BCUT2D eigenvalue weighted by molar-refractivity contribution is 0.0939. The molecule has 0 spiro atoms. The molecule has 0 saturated carbocycles. The Bertz CT molecular complexity index is 968. The lowest BCUT2D eigenvalue weighted by Crippen LogP contribution is -2.27. The van der Waals surface area contributed by atoms with Crippen molar-refractivity contribution < 1.29 is 17.9 Å². The smallest absolute Gasteiger partial charge is 0.251 e. The topological polar surface area (TPSA) is 84.5 Å². The Morgan fingerprint density at radius 3 is 2.32 bits per heavy atom. The van der Waals surface area contributed by atoms with Crippen LogP contribution in [0.5, 0.6) is 5.75 Å². The highest BCUT2D eigenvalue weighted by Crippen LogP contribution is 2.32. The minimum Gasteiger partial charge on any atom is -0.496 e. The summed E-state index contributed by atoms with van der Waals surface area (Å²) in [6, 6.07) is 9.76. The first-order valence-electron chi connectivity index (χ1n) is 9.13. The number of amides is 1. The van der Waals surface area contributed by atoms with Crippen molar-refractivity contribution in [1.82, 2.24) is 10.0 Å². The van der Waals surface area contributed by atoms with E-state index in [9.17, 15) is 13.2 Å². The zero-order valence-electron chi connectivity index (χ0n) is 17.2. The molecule has 0 aromatic heterocycles. The highest BCUT2D eigenvalue weighted by molar-refractivity contribution is 7.89. The third-order valence-electron chi connectivity index (χ3n) is 4.73. The number of hydrogen-bond donors (Lipinski definition) is 2. The van der Waals surface area contributed by atoms with Gasteiger partial charge in [0.2, 0.25) is 10.0 Å². The monoisotopic (exact) mass is 404 g/mol. The van der Waals surface area contributed by atoms with Crippen LogP contribution in [-0.4, -0.2) is 28.5 Å². The minimum absolute atomic E-state index is 0.0537. The van der Waals surface area contributed by atoms with Crippen LogP contribution in [0.1, 0.15) is 59.8 Å². The molecule has 0 aliphatic carbocycles. The van der Waals surface area contributed by atoms with Gasteiger partial charge in [0.1, 0.15) is 5.75 Å². The molecule has 2 aromatic rings. The van der Waals surface area contributed by atoms with E-state index in [1.54, 1.807) is 19.2 Å². The summed E-state index contributed by atoms with van der Waals surface area (Å²) in [6.07, 6.45) is 0. The van der Waals surface area contributed by atoms with Crippen LogP contribution in [0.15, 0.2) is 41.3 Å². The first-order valence-corrected chi connectivity index (χ1v) is 10.6. The minimum atomic E-state index is -3.61. The van der Waals surface area contributed by atoms with Crippen molar-refractivity contribution in [3.63, 3.8) is 0 Å². The van der Waals surface area contributed by atoms with Crippen molar-refractivity contribution in [2.45, 2.75) is 44.6 Å². The molecule has 0 aliphatic rings. The molecule has 0 fully saturated rings. The maximum Gasteiger partial charge on any atom is 0.251 e. The van der Waals surface area contributed by atoms with Gasteiger partial charge in [-0.25, -0.2) is 13.1 Å². The molecule has 0 heterocycles. The van der Waals surface area contributed by atoms with Gasteiger partial charge in [-0.1, -0.05) is 19.9 Å². The van der Waals surface area contributed by atoms with Gasteiger partial charge in [-0.15, -0.1) is 0 Å². The maximum atomic E-state index is 12.7. The van der Waals surface area contributed by atoms with Crippen LogP contribution in [-0.2, 0) is 10.0 Å². The number of sulfonamides is 1. The largest absolute Gasteiger partial charge is 0.496 e. The van der Waals surface area contributed by atoms with E-state index in [0.29, 0.717) is 5.56 Å². The number of carbonyl (C=O) groups is 1. The van der Waals surface area contributed by atoms with Gasteiger partial charge in [-0.05, 0) is 73.8 Å². The number of ether oxygens (including phenoxy) is 1. The molecule has 7 heteroatoms. The van der Waals surface area contributed by atoms with Crippen molar-refractivity contribution in [3.8, 4) is 5.75 Å². The SMILES string of the molecule is CNS(=O)(=O)c1cccc(C(=O)NC(C)c2cc(C(C)C)c(OC)cc2C)c1. The third kappa shape index (κ3) is 4.72. The highest BCUT2D eigenvalue weighted by atomic mass is 32.2. The van der Waals surface area contributed by atoms with Crippen LogP contribution in [0.25, 0.3) is 0 Å². The molecular weight excluding hydrogens is 376 g/mol. The first-order chi connectivity index (χ1) is 13.1. The molecule has 152 valence electrons. The van der Waals surface area contributed by atoms with E-state index in [-0.39, 0.29) is 22.8 Å². The quantitative estimate of drug-likeness (QED) is 0.739. The Hall–Kier alpha value is -2.38. The van der Waals surface area contributed by atoms with Crippen LogP contribution < -0.4 is 14.8 Å². The maximum absolute atomic E-state index is 12.7. The predicted octanol–water partition coefficient (Wildman–Crippen LogP) is 3.53. The molecule has 6 nitrogen and oxygen atoms in total. The highest BCUT2D eigenvalue weighted by Gasteiger charge is 2.19. The van der Waals surface area contributed by atoms with Crippen molar-refractivity contribution in [3.05, 3.63) is 58.7 Å². The molecule has 2 aromatic carbocycles. The zero-order valence-corrected chi connectivity index (χ0v) is 18.0. The Kier molecular flexibility index (Phi) is 6.85. The summed E-state index contributed by atoms with van der Waals surface area (Å²) < 4.78 is 31.7. The second kappa shape index (κ2) is 8.75. The van der Waals surface area contributed by atoms with Crippen LogP contribution in [0.3, 0.4) is 0 Å². The number of rotatable bonds is 7. The van der Waals surface area contributed by atoms with Gasteiger partial charge in [0.05, 0.1) is 18.0 Å². The number of hydrogen-bond acceptors (Lipinski definition) is 4. The molecule has 0 saturated heterocycles. The third-order valence-corrected chi connectivity index (χ3v) is 6.14. The van der Waals surface area contributed by atoms with Crippen LogP contribution in [0.4, 0.5) is 0 Å². The summed E-state index contributed by atoms with van der Waals surface area (Å²) in [5, 5.41) is 2.96. The van der Waals surface area contributed by atoms with Crippen molar-refractivity contribution in [1.29, 1.82) is 0 Å². The van der Waals surface area contributed by atoms with Gasteiger partial charge in [0, 0.05) is 5.56 Å². The average Bonchev–Trinajstić information content (AvgIpc) is 2.67. The van der Waals surface area contributed by atoms with E-state index in [4.69, 9.17) is 4.74 Å². The van der Waals surface area contributed by atoms with Gasteiger partial charge < -0.3 is 10.1 Å². The molecule has 28 heavy (non-hydrogen) atoms. The van der Waals surface area contributed by atoms with Crippen molar-refractivity contribution in [2.24, 2.45) is 0 Å². The molecule has 0 bridgehead atoms. The number of methoxy groups -OCH3 is 1. The summed E-state index contributed by atoms with van der Waals surface area (Å²) in [5.41, 5.74) is 3.38. The summed E-state index contributed by atoms with van der Waals surface area (Å²) >= 11 is 0. The Morgan fingerprint density at radius 2 is 1.75 bits per heavy atom. The summed E-state index contributed by atoms with van der Waals surface area (Å²) in [4.78, 5) is 12.8. The van der Waals surface area contributed by atoms with Crippen molar-refractivity contribution in [2.75, 3.05) is 14.2 Å². The number of nitrogens with one attached hydrogen (secondary N) is 2. The van der Waals surface area contributed by atoms with Gasteiger partial charge in [-0.2, -0.15) is 0 Å². The van der Waals surface area contributed by atoms with Crippen LogP contribution in [0, 0.1) is 6.92 Å². The fourth-order valence-corrected chi connectivity index (χ4v) is 3.87. The normalized spacial score (nSPS) is 12.7. The second-order valence-corrected chi connectivity index (χ2v) is 8.92. The van der Waals surface area contributed by atoms with E-state index in [0.717, 1.165) is 22.4 Å². The van der Waals surface area contributed by atoms with Gasteiger partial charge in [0.25, 0.3) is 5.91 Å². The number of aryl methyl sites for hydroxylation is 1. The molecular formula is C21H28N2O4S. The summed E-state index contributed by atoms with van der Waals surface area (Å²) in [6.45, 7) is 8.07. The Morgan fingerprint density at radius 1 is 1.07 bits per heavy atom. The lowest BCUT2D eigenvalue weighted by atomic mass is 9.93. The number of benzene rings is 2.